The third kappa shape index (κ3) is 2.61. The highest BCUT2D eigenvalue weighted by molar-refractivity contribution is 6.06. The number of carbonyl (C=O) groups is 1. The molecule has 2 aromatic carbocycles. The fraction of sp³-hybridized carbons (Fsp3) is 0.133. The minimum Gasteiger partial charge on any atom is -0.397 e. The number of nitrogen functional groups attached to an aromatic ring is 1. The van der Waals surface area contributed by atoms with Gasteiger partial charge < -0.3 is 11.1 Å². The molecule has 3 nitrogen and oxygen atoms in total. The van der Waals surface area contributed by atoms with Gasteiger partial charge in [-0.1, -0.05) is 12.1 Å². The summed E-state index contributed by atoms with van der Waals surface area (Å²) in [7, 11) is 0. The van der Waals surface area contributed by atoms with Gasteiger partial charge in [0.1, 0.15) is 17.2 Å². The van der Waals surface area contributed by atoms with Crippen LogP contribution in [0.4, 0.5) is 20.2 Å². The van der Waals surface area contributed by atoms with Crippen molar-refractivity contribution in [1.82, 2.24) is 0 Å². The first-order valence-electron chi connectivity index (χ1n) is 6.02. The van der Waals surface area contributed by atoms with E-state index >= 15 is 0 Å². The van der Waals surface area contributed by atoms with Gasteiger partial charge in [-0.3, -0.25) is 4.79 Å². The Morgan fingerprint density at radius 2 is 1.85 bits per heavy atom. The van der Waals surface area contributed by atoms with E-state index in [1.54, 1.807) is 18.2 Å². The highest BCUT2D eigenvalue weighted by Crippen LogP contribution is 2.22. The summed E-state index contributed by atoms with van der Waals surface area (Å²) >= 11 is 0. The van der Waals surface area contributed by atoms with Gasteiger partial charge in [0.15, 0.2) is 0 Å². The van der Waals surface area contributed by atoms with E-state index in [0.717, 1.165) is 11.6 Å². The monoisotopic (exact) mass is 276 g/mol. The number of anilines is 2. The van der Waals surface area contributed by atoms with E-state index in [4.69, 9.17) is 5.73 Å². The Bertz CT molecular complexity index is 684. The first-order chi connectivity index (χ1) is 9.40. The molecule has 0 spiro atoms. The Balaban J connectivity index is 2.36. The second-order valence-electron chi connectivity index (χ2n) is 4.60. The Morgan fingerprint density at radius 3 is 2.50 bits per heavy atom. The maximum absolute atomic E-state index is 13.8. The number of carbonyl (C=O) groups excluding carboxylic acids is 1. The maximum atomic E-state index is 13.8. The lowest BCUT2D eigenvalue weighted by atomic mass is 10.1. The summed E-state index contributed by atoms with van der Waals surface area (Å²) in [4.78, 5) is 12.0. The van der Waals surface area contributed by atoms with Crippen molar-refractivity contribution in [2.75, 3.05) is 11.1 Å². The highest BCUT2D eigenvalue weighted by atomic mass is 19.1. The molecule has 0 atom stereocenters. The molecule has 0 aliphatic rings. The van der Waals surface area contributed by atoms with Crippen LogP contribution < -0.4 is 11.1 Å². The fourth-order valence-corrected chi connectivity index (χ4v) is 1.85. The number of amides is 1. The predicted octanol–water partition coefficient (Wildman–Crippen LogP) is 3.42. The molecular formula is C15H14F2N2O. The molecule has 0 unspecified atom stereocenters. The van der Waals surface area contributed by atoms with Gasteiger partial charge in [0.2, 0.25) is 0 Å². The zero-order chi connectivity index (χ0) is 14.9. The van der Waals surface area contributed by atoms with Crippen LogP contribution in [0.5, 0.6) is 0 Å². The van der Waals surface area contributed by atoms with Gasteiger partial charge in [-0.2, -0.15) is 0 Å². The summed E-state index contributed by atoms with van der Waals surface area (Å²) in [5, 5.41) is 2.42. The Labute approximate surface area is 115 Å². The van der Waals surface area contributed by atoms with E-state index in [1.807, 2.05) is 6.92 Å². The number of rotatable bonds is 2. The van der Waals surface area contributed by atoms with Gasteiger partial charge in [0, 0.05) is 0 Å². The average Bonchev–Trinajstić information content (AvgIpc) is 2.38. The van der Waals surface area contributed by atoms with E-state index in [9.17, 15) is 13.6 Å². The van der Waals surface area contributed by atoms with Crippen LogP contribution in [0.15, 0.2) is 30.3 Å². The van der Waals surface area contributed by atoms with Gasteiger partial charge in [0.05, 0.1) is 11.4 Å². The van der Waals surface area contributed by atoms with Crippen LogP contribution >= 0.6 is 0 Å². The number of hydrogen-bond acceptors (Lipinski definition) is 2. The molecule has 0 bridgehead atoms. The Kier molecular flexibility index (Phi) is 3.70. The smallest absolute Gasteiger partial charge is 0.261 e. The molecule has 0 aromatic heterocycles. The van der Waals surface area contributed by atoms with Crippen molar-refractivity contribution in [1.29, 1.82) is 0 Å². The minimum atomic E-state index is -0.906. The third-order valence-electron chi connectivity index (χ3n) is 2.97. The summed E-state index contributed by atoms with van der Waals surface area (Å²) in [6, 6.07) is 7.34. The van der Waals surface area contributed by atoms with Crippen LogP contribution in [0.3, 0.4) is 0 Å². The molecule has 0 radical (unpaired) electrons. The van der Waals surface area contributed by atoms with Crippen molar-refractivity contribution in [3.63, 3.8) is 0 Å². The van der Waals surface area contributed by atoms with Crippen LogP contribution in [0, 0.1) is 25.5 Å². The fourth-order valence-electron chi connectivity index (χ4n) is 1.85. The van der Waals surface area contributed by atoms with Crippen molar-refractivity contribution < 1.29 is 13.6 Å². The van der Waals surface area contributed by atoms with E-state index < -0.39 is 23.1 Å². The Morgan fingerprint density at radius 1 is 1.15 bits per heavy atom. The molecule has 2 aromatic rings. The molecule has 0 saturated heterocycles. The maximum Gasteiger partial charge on any atom is 0.261 e. The van der Waals surface area contributed by atoms with E-state index in [-0.39, 0.29) is 5.56 Å². The van der Waals surface area contributed by atoms with Gasteiger partial charge >= 0.3 is 0 Å². The lowest BCUT2D eigenvalue weighted by molar-refractivity contribution is 0.101. The van der Waals surface area contributed by atoms with Crippen molar-refractivity contribution in [2.24, 2.45) is 0 Å². The summed E-state index contributed by atoms with van der Waals surface area (Å²) in [6.45, 7) is 3.31. The Hall–Kier alpha value is -2.43. The molecule has 3 N–H and O–H groups in total. The van der Waals surface area contributed by atoms with Crippen molar-refractivity contribution >= 4 is 17.3 Å². The second-order valence-corrected chi connectivity index (χ2v) is 4.60. The van der Waals surface area contributed by atoms with E-state index in [1.165, 1.54) is 13.0 Å². The molecule has 20 heavy (non-hydrogen) atoms. The van der Waals surface area contributed by atoms with Crippen molar-refractivity contribution in [3.05, 3.63) is 58.7 Å². The van der Waals surface area contributed by atoms with Crippen LogP contribution in [-0.4, -0.2) is 5.91 Å². The summed E-state index contributed by atoms with van der Waals surface area (Å²) in [6.07, 6.45) is 0. The number of benzene rings is 2. The molecule has 104 valence electrons. The molecule has 0 aliphatic carbocycles. The highest BCUT2D eigenvalue weighted by Gasteiger charge is 2.19. The van der Waals surface area contributed by atoms with E-state index in [0.29, 0.717) is 11.4 Å². The van der Waals surface area contributed by atoms with Crippen molar-refractivity contribution in [2.45, 2.75) is 13.8 Å². The van der Waals surface area contributed by atoms with Gasteiger partial charge in [-0.05, 0) is 43.2 Å². The molecule has 1 amide bonds. The predicted molar refractivity (Wildman–Crippen MR) is 74.6 cm³/mol. The van der Waals surface area contributed by atoms with Gasteiger partial charge in [-0.15, -0.1) is 0 Å². The summed E-state index contributed by atoms with van der Waals surface area (Å²) in [5.41, 5.74) is 6.93. The number of hydrogen-bond donors (Lipinski definition) is 2. The van der Waals surface area contributed by atoms with Crippen LogP contribution in [-0.2, 0) is 0 Å². The summed E-state index contributed by atoms with van der Waals surface area (Å²) in [5.74, 6) is -2.64. The molecule has 5 heteroatoms. The molecule has 2 rings (SSSR count). The number of halogens is 2. The van der Waals surface area contributed by atoms with Gasteiger partial charge in [0.25, 0.3) is 5.91 Å². The van der Waals surface area contributed by atoms with Crippen molar-refractivity contribution in [3.8, 4) is 0 Å². The SMILES string of the molecule is Cc1ccc(NC(=O)c2c(F)ccc(C)c2F)c(N)c1. The average molecular weight is 276 g/mol. The number of nitrogens with one attached hydrogen (secondary N) is 1. The molecule has 0 heterocycles. The quantitative estimate of drug-likeness (QED) is 0.826. The minimum absolute atomic E-state index is 0.202. The lowest BCUT2D eigenvalue weighted by Gasteiger charge is -2.11. The molecular weight excluding hydrogens is 262 g/mol. The first kappa shape index (κ1) is 14.0. The lowest BCUT2D eigenvalue weighted by Crippen LogP contribution is -2.17. The van der Waals surface area contributed by atoms with Crippen LogP contribution in [0.25, 0.3) is 0 Å². The molecule has 0 aliphatic heterocycles. The summed E-state index contributed by atoms with van der Waals surface area (Å²) < 4.78 is 27.5. The largest absolute Gasteiger partial charge is 0.397 e. The van der Waals surface area contributed by atoms with Crippen LogP contribution in [0.1, 0.15) is 21.5 Å². The van der Waals surface area contributed by atoms with Crippen LogP contribution in [0.2, 0.25) is 0 Å². The first-order valence-corrected chi connectivity index (χ1v) is 6.02. The normalized spacial score (nSPS) is 10.4. The third-order valence-corrected chi connectivity index (χ3v) is 2.97. The second kappa shape index (κ2) is 5.28. The van der Waals surface area contributed by atoms with E-state index in [2.05, 4.69) is 5.32 Å². The topological polar surface area (TPSA) is 55.1 Å². The molecule has 0 saturated carbocycles. The number of nitrogens with two attached hydrogens (primary N) is 1. The zero-order valence-corrected chi connectivity index (χ0v) is 11.1. The molecule has 0 fully saturated rings. The standard InChI is InChI=1S/C15H14F2N2O/c1-8-3-6-12(11(18)7-8)19-15(20)13-10(16)5-4-9(2)14(13)17/h3-7H,18H2,1-2H3,(H,19,20). The number of aryl methyl sites for hydroxylation is 2. The van der Waals surface area contributed by atoms with Gasteiger partial charge in [-0.25, -0.2) is 8.78 Å². The zero-order valence-electron chi connectivity index (χ0n) is 11.1.